The normalized spacial score (nSPS) is 24.8. The zero-order valence-corrected chi connectivity index (χ0v) is 9.17. The predicted molar refractivity (Wildman–Crippen MR) is 59.0 cm³/mol. The average molecular weight is 224 g/mol. The summed E-state index contributed by atoms with van der Waals surface area (Å²) in [5.74, 6) is 1.01. The van der Waals surface area contributed by atoms with Crippen molar-refractivity contribution >= 4 is 10.6 Å². The Morgan fingerprint density at radius 1 is 1.14 bits per heavy atom. The van der Waals surface area contributed by atoms with E-state index in [1.807, 2.05) is 0 Å². The summed E-state index contributed by atoms with van der Waals surface area (Å²) in [6.45, 7) is 4.09. The molecule has 1 rings (SSSR count). The summed E-state index contributed by atoms with van der Waals surface area (Å²) < 4.78 is 18.7. The third-order valence-corrected chi connectivity index (χ3v) is 4.04. The molecule has 6 heteroatoms. The Hall–Kier alpha value is 0.150. The topological polar surface area (TPSA) is 76.0 Å². The van der Waals surface area contributed by atoms with Gasteiger partial charge in [0.1, 0.15) is 0 Å². The fraction of sp³-hybridized carbons (Fsp3) is 1.00. The summed E-state index contributed by atoms with van der Waals surface area (Å²) in [5, 5.41) is 11.6. The van der Waals surface area contributed by atoms with Gasteiger partial charge in [-0.25, -0.2) is 0 Å². The van der Waals surface area contributed by atoms with Gasteiger partial charge in [0.15, 0.2) is 0 Å². The fourth-order valence-corrected chi connectivity index (χ4v) is 2.73. The van der Waals surface area contributed by atoms with E-state index < -0.39 is 10.6 Å². The molecule has 0 radical (unpaired) electrons. The molecule has 1 aliphatic heterocycles. The Morgan fingerprint density at radius 2 is 1.79 bits per heavy atom. The molecule has 1 aliphatic rings. The second-order valence-electron chi connectivity index (χ2n) is 3.53. The van der Waals surface area contributed by atoms with Gasteiger partial charge in [0, 0.05) is 32.7 Å². The van der Waals surface area contributed by atoms with E-state index in [9.17, 15) is 9.11 Å². The maximum Gasteiger partial charge on any atom is 0.0555 e. The van der Waals surface area contributed by atoms with Gasteiger partial charge in [-0.1, -0.05) is 0 Å². The highest BCUT2D eigenvalue weighted by Gasteiger charge is 2.21. The van der Waals surface area contributed by atoms with Crippen LogP contribution in [0.25, 0.3) is 0 Å². The number of rotatable bonds is 5. The number of nitrogens with zero attached hydrogens (tertiary/aromatic N) is 1. The molecular weight excluding hydrogens is 204 g/mol. The maximum atomic E-state index is 9.37. The molecule has 0 unspecified atom stereocenters. The Morgan fingerprint density at radius 3 is 2.36 bits per heavy atom. The molecule has 0 spiro atoms. The maximum absolute atomic E-state index is 9.37. The molecule has 1 fully saturated rings. The molecule has 0 atom stereocenters. The van der Waals surface area contributed by atoms with Crippen LogP contribution in [0.5, 0.6) is 0 Å². The number of hydrogen-bond acceptors (Lipinski definition) is 5. The monoisotopic (exact) mass is 224 g/mol. The van der Waals surface area contributed by atoms with Gasteiger partial charge in [0.05, 0.1) is 18.1 Å². The molecule has 0 aromatic carbocycles. The Labute approximate surface area is 86.5 Å². The minimum atomic E-state index is -2.25. The van der Waals surface area contributed by atoms with Crippen LogP contribution >= 0.6 is 10.6 Å². The third-order valence-electron chi connectivity index (χ3n) is 2.36. The van der Waals surface area contributed by atoms with Crippen LogP contribution in [0.1, 0.15) is 0 Å². The van der Waals surface area contributed by atoms with Crippen LogP contribution in [0.2, 0.25) is 0 Å². The minimum absolute atomic E-state index is 0.167. The molecule has 0 aliphatic carbocycles. The standard InChI is InChI=1S/C8H20N2O3S/c11-6-2-9-1-3-10-4-7-14(12,13)8-5-10/h9,11-13H,1-8H2. The van der Waals surface area contributed by atoms with E-state index in [0.717, 1.165) is 26.2 Å². The van der Waals surface area contributed by atoms with E-state index in [2.05, 4.69) is 10.2 Å². The SMILES string of the molecule is OCCNCCN1CCS(O)(O)CC1. The second kappa shape index (κ2) is 5.89. The lowest BCUT2D eigenvalue weighted by molar-refractivity contribution is 0.267. The number of hydrogen-bond donors (Lipinski definition) is 4. The summed E-state index contributed by atoms with van der Waals surface area (Å²) in [6.07, 6.45) is 0. The van der Waals surface area contributed by atoms with Crippen LogP contribution in [0.15, 0.2) is 0 Å². The fourth-order valence-electron chi connectivity index (χ4n) is 1.43. The molecule has 1 saturated heterocycles. The van der Waals surface area contributed by atoms with Gasteiger partial charge < -0.3 is 10.4 Å². The highest BCUT2D eigenvalue weighted by atomic mass is 32.3. The van der Waals surface area contributed by atoms with Crippen molar-refractivity contribution in [2.75, 3.05) is 50.8 Å². The molecule has 0 aromatic heterocycles. The van der Waals surface area contributed by atoms with Gasteiger partial charge in [-0.05, 0) is 0 Å². The molecule has 4 N–H and O–H groups in total. The average Bonchev–Trinajstić information content (AvgIpc) is 2.15. The van der Waals surface area contributed by atoms with Crippen molar-refractivity contribution in [2.45, 2.75) is 0 Å². The van der Waals surface area contributed by atoms with Gasteiger partial charge in [0.25, 0.3) is 0 Å². The van der Waals surface area contributed by atoms with E-state index in [-0.39, 0.29) is 6.61 Å². The van der Waals surface area contributed by atoms with E-state index in [1.165, 1.54) is 0 Å². The van der Waals surface area contributed by atoms with E-state index in [0.29, 0.717) is 18.1 Å². The first-order valence-corrected chi connectivity index (χ1v) is 6.80. The van der Waals surface area contributed by atoms with Crippen molar-refractivity contribution in [3.05, 3.63) is 0 Å². The number of aliphatic hydroxyl groups is 1. The first-order chi connectivity index (χ1) is 6.64. The third kappa shape index (κ3) is 4.59. The molecule has 0 bridgehead atoms. The van der Waals surface area contributed by atoms with E-state index in [1.54, 1.807) is 0 Å². The van der Waals surface area contributed by atoms with Crippen molar-refractivity contribution in [3.8, 4) is 0 Å². The summed E-state index contributed by atoms with van der Waals surface area (Å²) in [5.41, 5.74) is 0. The smallest absolute Gasteiger partial charge is 0.0555 e. The molecule has 5 nitrogen and oxygen atoms in total. The van der Waals surface area contributed by atoms with Gasteiger partial charge in [-0.3, -0.25) is 14.0 Å². The molecule has 0 aromatic rings. The highest BCUT2D eigenvalue weighted by molar-refractivity contribution is 8.24. The van der Waals surface area contributed by atoms with Crippen LogP contribution in [0.4, 0.5) is 0 Å². The largest absolute Gasteiger partial charge is 0.395 e. The van der Waals surface area contributed by atoms with Gasteiger partial charge in [0.2, 0.25) is 0 Å². The summed E-state index contributed by atoms with van der Waals surface area (Å²) >= 11 is 0. The van der Waals surface area contributed by atoms with Crippen LogP contribution in [-0.4, -0.2) is 69.9 Å². The Bertz CT molecular complexity index is 159. The van der Waals surface area contributed by atoms with Gasteiger partial charge in [-0.15, -0.1) is 0 Å². The van der Waals surface area contributed by atoms with Crippen LogP contribution in [0, 0.1) is 0 Å². The molecule has 0 amide bonds. The van der Waals surface area contributed by atoms with Gasteiger partial charge >= 0.3 is 0 Å². The molecular formula is C8H20N2O3S. The lowest BCUT2D eigenvalue weighted by atomic mass is 10.4. The summed E-state index contributed by atoms with van der Waals surface area (Å²) in [4.78, 5) is 2.21. The molecule has 86 valence electrons. The van der Waals surface area contributed by atoms with Crippen molar-refractivity contribution in [1.29, 1.82) is 0 Å². The van der Waals surface area contributed by atoms with Crippen LogP contribution in [0.3, 0.4) is 0 Å². The number of nitrogens with one attached hydrogen (secondary N) is 1. The lowest BCUT2D eigenvalue weighted by Crippen LogP contribution is -2.41. The predicted octanol–water partition coefficient (Wildman–Crippen LogP) is -0.365. The molecule has 1 heterocycles. The van der Waals surface area contributed by atoms with Crippen molar-refractivity contribution in [3.63, 3.8) is 0 Å². The summed E-state index contributed by atoms with van der Waals surface area (Å²) in [7, 11) is -2.25. The molecule has 0 saturated carbocycles. The van der Waals surface area contributed by atoms with Gasteiger partial charge in [-0.2, -0.15) is 10.6 Å². The van der Waals surface area contributed by atoms with E-state index in [4.69, 9.17) is 5.11 Å². The first-order valence-electron chi connectivity index (χ1n) is 4.91. The highest BCUT2D eigenvalue weighted by Crippen LogP contribution is 2.39. The van der Waals surface area contributed by atoms with Crippen molar-refractivity contribution < 1.29 is 14.2 Å². The quantitative estimate of drug-likeness (QED) is 0.480. The van der Waals surface area contributed by atoms with Crippen molar-refractivity contribution in [2.24, 2.45) is 0 Å². The zero-order valence-electron chi connectivity index (χ0n) is 8.35. The van der Waals surface area contributed by atoms with Crippen LogP contribution < -0.4 is 5.32 Å². The number of aliphatic hydroxyl groups excluding tert-OH is 1. The lowest BCUT2D eigenvalue weighted by Gasteiger charge is -2.40. The van der Waals surface area contributed by atoms with Crippen LogP contribution in [-0.2, 0) is 0 Å². The zero-order chi connectivity index (χ0) is 10.4. The first kappa shape index (κ1) is 12.2. The molecule has 14 heavy (non-hydrogen) atoms. The Balaban J connectivity index is 2.04. The summed E-state index contributed by atoms with van der Waals surface area (Å²) in [6, 6.07) is 0. The minimum Gasteiger partial charge on any atom is -0.395 e. The Kier molecular flexibility index (Phi) is 5.14. The van der Waals surface area contributed by atoms with Crippen molar-refractivity contribution in [1.82, 2.24) is 10.2 Å². The second-order valence-corrected chi connectivity index (χ2v) is 5.95. The van der Waals surface area contributed by atoms with E-state index >= 15 is 0 Å².